The van der Waals surface area contributed by atoms with Crippen LogP contribution in [-0.4, -0.2) is 13.1 Å². The van der Waals surface area contributed by atoms with E-state index in [4.69, 9.17) is 21.1 Å². The zero-order valence-electron chi connectivity index (χ0n) is 14.0. The number of carbonyl (C=O) groups excluding carboxylic acids is 1. The van der Waals surface area contributed by atoms with Crippen LogP contribution in [0.3, 0.4) is 0 Å². The standard InChI is InChI=1S/C20H21ClO3/c1-4-12-6-8-14-16(10-12)20(24-18(22)5-2)15-9-7-13(21)11-17(15)19(14)23-3/h5,7,9,11-12H,2,4,6,8,10H2,1,3H3. The molecule has 3 rings (SSSR count). The van der Waals surface area contributed by atoms with Crippen molar-refractivity contribution >= 4 is 28.3 Å². The van der Waals surface area contributed by atoms with Crippen molar-refractivity contribution in [3.8, 4) is 11.5 Å². The average Bonchev–Trinajstić information content (AvgIpc) is 2.60. The van der Waals surface area contributed by atoms with Gasteiger partial charge in [-0.2, -0.15) is 0 Å². The molecular weight excluding hydrogens is 324 g/mol. The van der Waals surface area contributed by atoms with Crippen LogP contribution in [0.4, 0.5) is 0 Å². The van der Waals surface area contributed by atoms with Gasteiger partial charge in [0.1, 0.15) is 11.5 Å². The Morgan fingerprint density at radius 3 is 2.79 bits per heavy atom. The predicted octanol–water partition coefficient (Wildman–Crippen LogP) is 5.11. The number of hydrogen-bond donors (Lipinski definition) is 0. The molecule has 2 aromatic rings. The maximum absolute atomic E-state index is 11.9. The summed E-state index contributed by atoms with van der Waals surface area (Å²) in [6.07, 6.45) is 5.22. The number of fused-ring (bicyclic) bond motifs is 2. The fourth-order valence-corrected chi connectivity index (χ4v) is 3.73. The van der Waals surface area contributed by atoms with Gasteiger partial charge in [-0.25, -0.2) is 4.79 Å². The normalized spacial score (nSPS) is 16.5. The molecule has 0 radical (unpaired) electrons. The molecular formula is C20H21ClO3. The number of esters is 1. The van der Waals surface area contributed by atoms with E-state index in [1.165, 1.54) is 6.08 Å². The van der Waals surface area contributed by atoms with Crippen molar-refractivity contribution in [3.05, 3.63) is 47.0 Å². The number of methoxy groups -OCH3 is 1. The second-order valence-corrected chi connectivity index (χ2v) is 6.59. The van der Waals surface area contributed by atoms with Crippen molar-refractivity contribution in [2.24, 2.45) is 5.92 Å². The fourth-order valence-electron chi connectivity index (χ4n) is 3.56. The average molecular weight is 345 g/mol. The molecule has 1 aliphatic carbocycles. The molecule has 0 amide bonds. The molecule has 2 aromatic carbocycles. The number of hydrogen-bond acceptors (Lipinski definition) is 3. The van der Waals surface area contributed by atoms with Gasteiger partial charge in [0.2, 0.25) is 0 Å². The third kappa shape index (κ3) is 2.89. The number of benzene rings is 2. The summed E-state index contributed by atoms with van der Waals surface area (Å²) in [6.45, 7) is 5.71. The van der Waals surface area contributed by atoms with Crippen molar-refractivity contribution in [3.63, 3.8) is 0 Å². The first-order chi connectivity index (χ1) is 11.6. The summed E-state index contributed by atoms with van der Waals surface area (Å²) in [6, 6.07) is 5.57. The van der Waals surface area contributed by atoms with Crippen LogP contribution in [0.15, 0.2) is 30.9 Å². The first-order valence-corrected chi connectivity index (χ1v) is 8.62. The predicted molar refractivity (Wildman–Crippen MR) is 97.1 cm³/mol. The van der Waals surface area contributed by atoms with E-state index in [1.807, 2.05) is 12.1 Å². The molecule has 0 saturated heterocycles. The highest BCUT2D eigenvalue weighted by atomic mass is 35.5. The van der Waals surface area contributed by atoms with Crippen molar-refractivity contribution in [2.45, 2.75) is 32.6 Å². The highest BCUT2D eigenvalue weighted by Crippen LogP contribution is 2.46. The largest absolute Gasteiger partial charge is 0.496 e. The monoisotopic (exact) mass is 344 g/mol. The van der Waals surface area contributed by atoms with Crippen LogP contribution in [0.5, 0.6) is 11.5 Å². The molecule has 126 valence electrons. The van der Waals surface area contributed by atoms with Crippen LogP contribution < -0.4 is 9.47 Å². The highest BCUT2D eigenvalue weighted by molar-refractivity contribution is 6.31. The summed E-state index contributed by atoms with van der Waals surface area (Å²) in [5.41, 5.74) is 2.21. The van der Waals surface area contributed by atoms with Gasteiger partial charge in [-0.15, -0.1) is 0 Å². The SMILES string of the molecule is C=CC(=O)Oc1c2c(c(OC)c3cc(Cl)ccc13)CCC(CC)C2. The van der Waals surface area contributed by atoms with E-state index in [1.54, 1.807) is 13.2 Å². The topological polar surface area (TPSA) is 35.5 Å². The van der Waals surface area contributed by atoms with Crippen LogP contribution in [0.1, 0.15) is 30.9 Å². The first-order valence-electron chi connectivity index (χ1n) is 8.24. The second-order valence-electron chi connectivity index (χ2n) is 6.15. The van der Waals surface area contributed by atoms with Crippen molar-refractivity contribution < 1.29 is 14.3 Å². The molecule has 0 fully saturated rings. The number of carbonyl (C=O) groups is 1. The van der Waals surface area contributed by atoms with Gasteiger partial charge in [0.25, 0.3) is 0 Å². The molecule has 0 aromatic heterocycles. The minimum absolute atomic E-state index is 0.447. The minimum atomic E-state index is -0.447. The van der Waals surface area contributed by atoms with Gasteiger partial charge in [0.15, 0.2) is 0 Å². The molecule has 0 heterocycles. The van der Waals surface area contributed by atoms with Crippen LogP contribution in [0.2, 0.25) is 5.02 Å². The number of rotatable bonds is 4. The van der Waals surface area contributed by atoms with Gasteiger partial charge in [0.05, 0.1) is 7.11 Å². The Morgan fingerprint density at radius 2 is 2.12 bits per heavy atom. The maximum atomic E-state index is 11.9. The van der Waals surface area contributed by atoms with E-state index in [2.05, 4.69) is 13.5 Å². The van der Waals surface area contributed by atoms with Crippen molar-refractivity contribution in [2.75, 3.05) is 7.11 Å². The first kappa shape index (κ1) is 16.8. The minimum Gasteiger partial charge on any atom is -0.496 e. The Kier molecular flexibility index (Phi) is 4.81. The summed E-state index contributed by atoms with van der Waals surface area (Å²) < 4.78 is 11.4. The van der Waals surface area contributed by atoms with Gasteiger partial charge >= 0.3 is 5.97 Å². The van der Waals surface area contributed by atoms with Gasteiger partial charge in [-0.1, -0.05) is 31.5 Å². The van der Waals surface area contributed by atoms with Crippen LogP contribution in [0, 0.1) is 5.92 Å². The zero-order chi connectivity index (χ0) is 17.3. The Bertz CT molecular complexity index is 810. The Morgan fingerprint density at radius 1 is 1.33 bits per heavy atom. The molecule has 0 saturated carbocycles. The molecule has 24 heavy (non-hydrogen) atoms. The lowest BCUT2D eigenvalue weighted by molar-refractivity contribution is -0.128. The van der Waals surface area contributed by atoms with E-state index in [0.29, 0.717) is 16.7 Å². The van der Waals surface area contributed by atoms with Crippen LogP contribution >= 0.6 is 11.6 Å². The molecule has 0 bridgehead atoms. The lowest BCUT2D eigenvalue weighted by atomic mass is 9.80. The lowest BCUT2D eigenvalue weighted by Gasteiger charge is -2.28. The third-order valence-electron chi connectivity index (χ3n) is 4.83. The summed E-state index contributed by atoms with van der Waals surface area (Å²) in [5.74, 6) is 1.61. The van der Waals surface area contributed by atoms with E-state index in [0.717, 1.165) is 53.3 Å². The smallest absolute Gasteiger partial charge is 0.335 e. The number of ether oxygens (including phenoxy) is 2. The zero-order valence-corrected chi connectivity index (χ0v) is 14.8. The molecule has 1 aliphatic rings. The van der Waals surface area contributed by atoms with Gasteiger partial charge in [-0.3, -0.25) is 0 Å². The van der Waals surface area contributed by atoms with Crippen molar-refractivity contribution in [1.29, 1.82) is 0 Å². The Hall–Kier alpha value is -2.00. The highest BCUT2D eigenvalue weighted by Gasteiger charge is 2.28. The lowest BCUT2D eigenvalue weighted by Crippen LogP contribution is -2.17. The molecule has 1 atom stereocenters. The molecule has 3 nitrogen and oxygen atoms in total. The fraction of sp³-hybridized carbons (Fsp3) is 0.350. The maximum Gasteiger partial charge on any atom is 0.335 e. The van der Waals surface area contributed by atoms with Gasteiger partial charge in [0, 0.05) is 33.0 Å². The van der Waals surface area contributed by atoms with Gasteiger partial charge < -0.3 is 9.47 Å². The van der Waals surface area contributed by atoms with Crippen molar-refractivity contribution in [1.82, 2.24) is 0 Å². The van der Waals surface area contributed by atoms with Crippen LogP contribution in [0.25, 0.3) is 10.8 Å². The molecule has 4 heteroatoms. The van der Waals surface area contributed by atoms with Crippen LogP contribution in [-0.2, 0) is 17.6 Å². The van der Waals surface area contributed by atoms with E-state index < -0.39 is 5.97 Å². The van der Waals surface area contributed by atoms with E-state index >= 15 is 0 Å². The molecule has 0 spiro atoms. The summed E-state index contributed by atoms with van der Waals surface area (Å²) in [4.78, 5) is 11.9. The molecule has 0 N–H and O–H groups in total. The summed E-state index contributed by atoms with van der Waals surface area (Å²) in [5, 5.41) is 2.36. The number of halogens is 1. The molecule has 1 unspecified atom stereocenters. The van der Waals surface area contributed by atoms with E-state index in [-0.39, 0.29) is 0 Å². The third-order valence-corrected chi connectivity index (χ3v) is 5.06. The quantitative estimate of drug-likeness (QED) is 0.439. The Labute approximate surface area is 147 Å². The Balaban J connectivity index is 2.32. The second kappa shape index (κ2) is 6.86. The summed E-state index contributed by atoms with van der Waals surface area (Å²) in [7, 11) is 1.68. The summed E-state index contributed by atoms with van der Waals surface area (Å²) >= 11 is 6.18. The van der Waals surface area contributed by atoms with Gasteiger partial charge in [-0.05, 0) is 43.4 Å². The van der Waals surface area contributed by atoms with E-state index in [9.17, 15) is 4.79 Å². The molecule has 0 aliphatic heterocycles.